The van der Waals surface area contributed by atoms with Crippen molar-refractivity contribution in [3.8, 4) is 0 Å². The molecule has 0 aliphatic carbocycles. The van der Waals surface area contributed by atoms with Gasteiger partial charge in [0.15, 0.2) is 5.82 Å². The van der Waals surface area contributed by atoms with E-state index in [0.717, 1.165) is 31.0 Å². The van der Waals surface area contributed by atoms with Crippen LogP contribution in [-0.2, 0) is 0 Å². The molecule has 2 aromatic heterocycles. The van der Waals surface area contributed by atoms with E-state index < -0.39 is 0 Å². The molecule has 110 valence electrons. The number of H-pyrrole nitrogens is 1. The molecule has 0 radical (unpaired) electrons. The standard InChI is InChI=1S/C14H18N6O/c1-19(2)14-16-11(8-13(21)17-14)10-5-7-20(9-10)12-4-3-6-15-18-12/h3-4,6,8,10H,5,7,9H2,1-2H3,(H,16,17,21). The Morgan fingerprint density at radius 3 is 3.00 bits per heavy atom. The van der Waals surface area contributed by atoms with Gasteiger partial charge in [0.05, 0.1) is 5.69 Å². The predicted molar refractivity (Wildman–Crippen MR) is 80.8 cm³/mol. The Kier molecular flexibility index (Phi) is 3.55. The Morgan fingerprint density at radius 2 is 2.29 bits per heavy atom. The molecular weight excluding hydrogens is 268 g/mol. The minimum absolute atomic E-state index is 0.110. The van der Waals surface area contributed by atoms with Crippen LogP contribution in [0.5, 0.6) is 0 Å². The largest absolute Gasteiger partial charge is 0.354 e. The molecule has 3 rings (SSSR count). The molecule has 7 heteroatoms. The Morgan fingerprint density at radius 1 is 1.43 bits per heavy atom. The summed E-state index contributed by atoms with van der Waals surface area (Å²) in [7, 11) is 3.73. The predicted octanol–water partition coefficient (Wildman–Crippen LogP) is 0.620. The minimum atomic E-state index is -0.110. The fourth-order valence-electron chi connectivity index (χ4n) is 2.56. The lowest BCUT2D eigenvalue weighted by Crippen LogP contribution is -2.23. The van der Waals surface area contributed by atoms with Crippen molar-refractivity contribution in [2.45, 2.75) is 12.3 Å². The second-order valence-electron chi connectivity index (χ2n) is 5.40. The molecule has 1 fully saturated rings. The van der Waals surface area contributed by atoms with Crippen molar-refractivity contribution in [1.82, 2.24) is 20.2 Å². The Labute approximate surface area is 122 Å². The summed E-state index contributed by atoms with van der Waals surface area (Å²) in [5.41, 5.74) is 0.732. The summed E-state index contributed by atoms with van der Waals surface area (Å²) in [6, 6.07) is 5.43. The highest BCUT2D eigenvalue weighted by Gasteiger charge is 2.26. The second-order valence-corrected chi connectivity index (χ2v) is 5.40. The van der Waals surface area contributed by atoms with Gasteiger partial charge >= 0.3 is 0 Å². The Balaban J connectivity index is 1.82. The maximum absolute atomic E-state index is 11.8. The average molecular weight is 286 g/mol. The number of aromatic nitrogens is 4. The highest BCUT2D eigenvalue weighted by molar-refractivity contribution is 5.40. The first-order chi connectivity index (χ1) is 10.1. The van der Waals surface area contributed by atoms with Gasteiger partial charge in [0, 0.05) is 45.4 Å². The van der Waals surface area contributed by atoms with Gasteiger partial charge in [0.2, 0.25) is 5.95 Å². The monoisotopic (exact) mass is 286 g/mol. The fraction of sp³-hybridized carbons (Fsp3) is 0.429. The van der Waals surface area contributed by atoms with Crippen molar-refractivity contribution >= 4 is 11.8 Å². The molecule has 7 nitrogen and oxygen atoms in total. The number of nitrogens with zero attached hydrogens (tertiary/aromatic N) is 5. The van der Waals surface area contributed by atoms with Gasteiger partial charge in [-0.3, -0.25) is 9.78 Å². The highest BCUT2D eigenvalue weighted by atomic mass is 16.1. The molecule has 1 N–H and O–H groups in total. The van der Waals surface area contributed by atoms with Gasteiger partial charge in [-0.1, -0.05) is 0 Å². The van der Waals surface area contributed by atoms with Crippen molar-refractivity contribution < 1.29 is 0 Å². The van der Waals surface area contributed by atoms with Crippen LogP contribution in [0.25, 0.3) is 0 Å². The molecule has 1 unspecified atom stereocenters. The molecule has 21 heavy (non-hydrogen) atoms. The average Bonchev–Trinajstić information content (AvgIpc) is 2.97. The summed E-state index contributed by atoms with van der Waals surface area (Å²) >= 11 is 0. The molecule has 2 aromatic rings. The van der Waals surface area contributed by atoms with E-state index in [9.17, 15) is 4.79 Å². The maximum Gasteiger partial charge on any atom is 0.252 e. The van der Waals surface area contributed by atoms with E-state index in [2.05, 4.69) is 25.1 Å². The third kappa shape index (κ3) is 2.86. The Hall–Kier alpha value is -2.44. The normalized spacial score (nSPS) is 18.0. The van der Waals surface area contributed by atoms with Crippen LogP contribution in [0.2, 0.25) is 0 Å². The third-order valence-electron chi connectivity index (χ3n) is 3.66. The molecule has 0 amide bonds. The molecule has 0 aromatic carbocycles. The van der Waals surface area contributed by atoms with E-state index in [1.807, 2.05) is 26.2 Å². The summed E-state index contributed by atoms with van der Waals surface area (Å²) in [6.45, 7) is 1.71. The van der Waals surface area contributed by atoms with E-state index in [1.54, 1.807) is 17.2 Å². The molecule has 1 aliphatic heterocycles. The van der Waals surface area contributed by atoms with Crippen molar-refractivity contribution in [3.63, 3.8) is 0 Å². The summed E-state index contributed by atoms with van der Waals surface area (Å²) in [4.78, 5) is 23.0. The fourth-order valence-corrected chi connectivity index (χ4v) is 2.56. The quantitative estimate of drug-likeness (QED) is 0.891. The number of hydrogen-bond donors (Lipinski definition) is 1. The van der Waals surface area contributed by atoms with Gasteiger partial charge in [0.25, 0.3) is 5.56 Å². The number of hydrogen-bond acceptors (Lipinski definition) is 6. The number of aromatic amines is 1. The summed E-state index contributed by atoms with van der Waals surface area (Å²) in [5.74, 6) is 1.71. The molecular formula is C14H18N6O. The van der Waals surface area contributed by atoms with E-state index in [1.165, 1.54) is 0 Å². The van der Waals surface area contributed by atoms with Crippen LogP contribution >= 0.6 is 0 Å². The molecule has 0 bridgehead atoms. The van der Waals surface area contributed by atoms with Crippen molar-refractivity contribution in [2.75, 3.05) is 37.0 Å². The smallest absolute Gasteiger partial charge is 0.252 e. The molecule has 1 saturated heterocycles. The number of rotatable bonds is 3. The van der Waals surface area contributed by atoms with Crippen LogP contribution in [0.3, 0.4) is 0 Å². The van der Waals surface area contributed by atoms with Crippen LogP contribution < -0.4 is 15.4 Å². The zero-order valence-corrected chi connectivity index (χ0v) is 12.2. The topological polar surface area (TPSA) is 78.0 Å². The van der Waals surface area contributed by atoms with Crippen LogP contribution in [0.4, 0.5) is 11.8 Å². The molecule has 1 atom stereocenters. The molecule has 0 saturated carbocycles. The van der Waals surface area contributed by atoms with E-state index in [-0.39, 0.29) is 11.5 Å². The van der Waals surface area contributed by atoms with E-state index in [0.29, 0.717) is 5.95 Å². The first-order valence-corrected chi connectivity index (χ1v) is 6.95. The van der Waals surface area contributed by atoms with Crippen LogP contribution in [0, 0.1) is 0 Å². The zero-order chi connectivity index (χ0) is 14.8. The maximum atomic E-state index is 11.8. The molecule has 0 spiro atoms. The molecule has 1 aliphatic rings. The molecule has 3 heterocycles. The van der Waals surface area contributed by atoms with Crippen molar-refractivity contribution in [1.29, 1.82) is 0 Å². The van der Waals surface area contributed by atoms with Crippen LogP contribution in [-0.4, -0.2) is 47.4 Å². The highest BCUT2D eigenvalue weighted by Crippen LogP contribution is 2.28. The number of anilines is 2. The first kappa shape index (κ1) is 13.5. The van der Waals surface area contributed by atoms with Gasteiger partial charge in [-0.25, -0.2) is 4.98 Å². The summed E-state index contributed by atoms with van der Waals surface area (Å²) in [6.07, 6.45) is 2.62. The lowest BCUT2D eigenvalue weighted by Gasteiger charge is -2.17. The van der Waals surface area contributed by atoms with Gasteiger partial charge in [-0.15, -0.1) is 5.10 Å². The van der Waals surface area contributed by atoms with Crippen LogP contribution in [0.15, 0.2) is 29.2 Å². The first-order valence-electron chi connectivity index (χ1n) is 6.95. The van der Waals surface area contributed by atoms with Gasteiger partial charge < -0.3 is 9.80 Å². The summed E-state index contributed by atoms with van der Waals surface area (Å²) < 4.78 is 0. The number of nitrogens with one attached hydrogen (secondary N) is 1. The van der Waals surface area contributed by atoms with Crippen molar-refractivity contribution in [2.24, 2.45) is 0 Å². The minimum Gasteiger partial charge on any atom is -0.354 e. The van der Waals surface area contributed by atoms with Crippen LogP contribution in [0.1, 0.15) is 18.0 Å². The lowest BCUT2D eigenvalue weighted by molar-refractivity contribution is 0.732. The van der Waals surface area contributed by atoms with Gasteiger partial charge in [0.1, 0.15) is 0 Å². The van der Waals surface area contributed by atoms with Crippen molar-refractivity contribution in [3.05, 3.63) is 40.4 Å². The Bertz CT molecular complexity index is 669. The lowest BCUT2D eigenvalue weighted by atomic mass is 10.1. The van der Waals surface area contributed by atoms with E-state index >= 15 is 0 Å². The van der Waals surface area contributed by atoms with E-state index in [4.69, 9.17) is 0 Å². The third-order valence-corrected chi connectivity index (χ3v) is 3.66. The summed E-state index contributed by atoms with van der Waals surface area (Å²) in [5, 5.41) is 8.04. The SMILES string of the molecule is CN(C)c1nc(C2CCN(c3cccnn3)C2)cc(=O)[nH]1. The zero-order valence-electron chi connectivity index (χ0n) is 12.2. The van der Waals surface area contributed by atoms with Gasteiger partial charge in [-0.05, 0) is 18.6 Å². The van der Waals surface area contributed by atoms with Gasteiger partial charge in [-0.2, -0.15) is 5.10 Å². The second kappa shape index (κ2) is 5.51.